The van der Waals surface area contributed by atoms with Gasteiger partial charge in [0.25, 0.3) is 0 Å². The average Bonchev–Trinajstić information content (AvgIpc) is 3.12. The average molecular weight is 436 g/mol. The van der Waals surface area contributed by atoms with Gasteiger partial charge in [-0.25, -0.2) is 8.42 Å². The Hall–Kier alpha value is -2.29. The number of ether oxygens (including phenoxy) is 3. The van der Waals surface area contributed by atoms with Crippen LogP contribution < -0.4 is 14.2 Å². The molecule has 3 rings (SSSR count). The highest BCUT2D eigenvalue weighted by atomic mass is 32.2. The maximum absolute atomic E-state index is 12.0. The molecule has 0 radical (unpaired) electrons. The molecule has 0 aromatic heterocycles. The van der Waals surface area contributed by atoms with Gasteiger partial charge in [0.05, 0.1) is 25.7 Å². The quantitative estimate of drug-likeness (QED) is 0.612. The lowest BCUT2D eigenvalue weighted by atomic mass is 10.1. The van der Waals surface area contributed by atoms with Crippen molar-refractivity contribution in [2.24, 2.45) is 0 Å². The van der Waals surface area contributed by atoms with Crippen LogP contribution in [-0.2, 0) is 16.4 Å². The molecule has 2 aromatic rings. The second-order valence-corrected chi connectivity index (χ2v) is 9.68. The lowest BCUT2D eigenvalue weighted by Gasteiger charge is -2.30. The molecule has 0 unspecified atom stereocenters. The Bertz CT molecular complexity index is 915. The van der Waals surface area contributed by atoms with Crippen LogP contribution in [0.15, 0.2) is 48.5 Å². The third kappa shape index (κ3) is 6.10. The van der Waals surface area contributed by atoms with E-state index in [1.165, 1.54) is 0 Å². The van der Waals surface area contributed by atoms with Gasteiger partial charge in [-0.2, -0.15) is 0 Å². The molecule has 0 bridgehead atoms. The predicted octanol–water partition coefficient (Wildman–Crippen LogP) is 2.13. The lowest BCUT2D eigenvalue weighted by molar-refractivity contribution is 0.0517. The van der Waals surface area contributed by atoms with Gasteiger partial charge < -0.3 is 19.3 Å². The summed E-state index contributed by atoms with van der Waals surface area (Å²) in [5.74, 6) is 2.22. The van der Waals surface area contributed by atoms with Crippen molar-refractivity contribution in [3.63, 3.8) is 0 Å². The highest BCUT2D eigenvalue weighted by Gasteiger charge is 2.33. The Kier molecular flexibility index (Phi) is 7.58. The number of hydrogen-bond donors (Lipinski definition) is 1. The summed E-state index contributed by atoms with van der Waals surface area (Å²) in [5, 5.41) is 10.6. The van der Waals surface area contributed by atoms with Crippen molar-refractivity contribution in [1.82, 2.24) is 4.90 Å². The summed E-state index contributed by atoms with van der Waals surface area (Å²) in [6.45, 7) is 0.927. The molecule has 2 atom stereocenters. The number of para-hydroxylation sites is 2. The van der Waals surface area contributed by atoms with Crippen molar-refractivity contribution in [2.75, 3.05) is 38.9 Å². The Balaban J connectivity index is 1.66. The van der Waals surface area contributed by atoms with Crippen molar-refractivity contribution in [2.45, 2.75) is 25.1 Å². The van der Waals surface area contributed by atoms with Crippen molar-refractivity contribution in [3.05, 3.63) is 54.1 Å². The number of benzene rings is 2. The second-order valence-electron chi connectivity index (χ2n) is 7.45. The number of rotatable bonds is 10. The first kappa shape index (κ1) is 22.4. The second kappa shape index (κ2) is 10.1. The summed E-state index contributed by atoms with van der Waals surface area (Å²) in [4.78, 5) is 2.03. The Morgan fingerprint density at radius 2 is 1.77 bits per heavy atom. The van der Waals surface area contributed by atoms with E-state index < -0.39 is 15.9 Å². The molecule has 0 aliphatic carbocycles. The van der Waals surface area contributed by atoms with Crippen LogP contribution >= 0.6 is 0 Å². The van der Waals surface area contributed by atoms with Crippen molar-refractivity contribution >= 4 is 9.84 Å². The standard InChI is InChI=1S/C22H29NO6S/c1-27-20-9-7-17(8-10-20)13-23(18-11-12-30(25,26)16-18)14-19(24)15-29-22-6-4-3-5-21(22)28-2/h3-10,18-19,24H,11-16H2,1-2H3/t18-,19-/m0/s1. The minimum Gasteiger partial charge on any atom is -0.497 e. The van der Waals surface area contributed by atoms with Gasteiger partial charge in [-0.1, -0.05) is 24.3 Å². The molecule has 7 nitrogen and oxygen atoms in total. The number of hydrogen-bond acceptors (Lipinski definition) is 7. The van der Waals surface area contributed by atoms with E-state index in [9.17, 15) is 13.5 Å². The van der Waals surface area contributed by atoms with Gasteiger partial charge in [-0.3, -0.25) is 4.90 Å². The van der Waals surface area contributed by atoms with Gasteiger partial charge in [-0.05, 0) is 36.2 Å². The largest absolute Gasteiger partial charge is 0.497 e. The summed E-state index contributed by atoms with van der Waals surface area (Å²) >= 11 is 0. The first-order chi connectivity index (χ1) is 14.4. The molecule has 1 aliphatic heterocycles. The van der Waals surface area contributed by atoms with Crippen molar-refractivity contribution in [3.8, 4) is 17.2 Å². The zero-order chi connectivity index (χ0) is 21.6. The minimum absolute atomic E-state index is 0.0823. The van der Waals surface area contributed by atoms with Gasteiger partial charge in [0.1, 0.15) is 18.5 Å². The molecule has 0 amide bonds. The van der Waals surface area contributed by atoms with Crippen molar-refractivity contribution in [1.29, 1.82) is 0 Å². The van der Waals surface area contributed by atoms with Crippen LogP contribution in [0.4, 0.5) is 0 Å². The van der Waals surface area contributed by atoms with Gasteiger partial charge in [-0.15, -0.1) is 0 Å². The molecule has 2 aromatic carbocycles. The van der Waals surface area contributed by atoms with Crippen molar-refractivity contribution < 1.29 is 27.7 Å². The van der Waals surface area contributed by atoms with Crippen LogP contribution in [0.1, 0.15) is 12.0 Å². The molecule has 0 saturated carbocycles. The third-order valence-electron chi connectivity index (χ3n) is 5.22. The van der Waals surface area contributed by atoms with Crippen LogP contribution in [0.25, 0.3) is 0 Å². The van der Waals surface area contributed by atoms with Gasteiger partial charge in [0, 0.05) is 19.1 Å². The molecule has 30 heavy (non-hydrogen) atoms. The first-order valence-electron chi connectivity index (χ1n) is 9.91. The van der Waals surface area contributed by atoms with Gasteiger partial charge >= 0.3 is 0 Å². The van der Waals surface area contributed by atoms with Gasteiger partial charge in [0.2, 0.25) is 0 Å². The van der Waals surface area contributed by atoms with Crippen LogP contribution in [0, 0.1) is 0 Å². The zero-order valence-corrected chi connectivity index (χ0v) is 18.2. The van der Waals surface area contributed by atoms with E-state index in [2.05, 4.69) is 0 Å². The normalized spacial score (nSPS) is 18.9. The first-order valence-corrected chi connectivity index (χ1v) is 11.7. The van der Waals surface area contributed by atoms with E-state index in [0.717, 1.165) is 11.3 Å². The summed E-state index contributed by atoms with van der Waals surface area (Å²) in [6.07, 6.45) is -0.213. The van der Waals surface area contributed by atoms with Crippen LogP contribution in [-0.4, -0.2) is 69.4 Å². The third-order valence-corrected chi connectivity index (χ3v) is 6.97. The molecule has 1 fully saturated rings. The molecule has 164 valence electrons. The lowest BCUT2D eigenvalue weighted by Crippen LogP contribution is -2.42. The molecule has 1 aliphatic rings. The Labute approximate surface area is 178 Å². The summed E-state index contributed by atoms with van der Waals surface area (Å²) in [7, 11) is 0.145. The molecule has 1 saturated heterocycles. The molecular formula is C22H29NO6S. The number of aliphatic hydroxyl groups is 1. The smallest absolute Gasteiger partial charge is 0.161 e. The fourth-order valence-corrected chi connectivity index (χ4v) is 5.38. The monoisotopic (exact) mass is 435 g/mol. The van der Waals surface area contributed by atoms with E-state index in [-0.39, 0.29) is 24.2 Å². The fourth-order valence-electron chi connectivity index (χ4n) is 3.62. The van der Waals surface area contributed by atoms with Gasteiger partial charge in [0.15, 0.2) is 21.3 Å². The number of aliphatic hydroxyl groups excluding tert-OH is 1. The van der Waals surface area contributed by atoms with E-state index in [1.54, 1.807) is 26.4 Å². The maximum atomic E-state index is 12.0. The highest BCUT2D eigenvalue weighted by molar-refractivity contribution is 7.91. The maximum Gasteiger partial charge on any atom is 0.161 e. The van der Waals surface area contributed by atoms with E-state index >= 15 is 0 Å². The summed E-state index contributed by atoms with van der Waals surface area (Å²) < 4.78 is 40.2. The molecular weight excluding hydrogens is 406 g/mol. The van der Waals surface area contributed by atoms with Crippen LogP contribution in [0.5, 0.6) is 17.2 Å². The predicted molar refractivity (Wildman–Crippen MR) is 115 cm³/mol. The van der Waals surface area contributed by atoms with Crippen LogP contribution in [0.2, 0.25) is 0 Å². The molecule has 1 N–H and O–H groups in total. The Morgan fingerprint density at radius 1 is 1.07 bits per heavy atom. The molecule has 1 heterocycles. The Morgan fingerprint density at radius 3 is 2.37 bits per heavy atom. The fraction of sp³-hybridized carbons (Fsp3) is 0.455. The number of methoxy groups -OCH3 is 2. The van der Waals surface area contributed by atoms with E-state index in [0.29, 0.717) is 31.0 Å². The van der Waals surface area contributed by atoms with E-state index in [4.69, 9.17) is 14.2 Å². The number of sulfone groups is 1. The summed E-state index contributed by atoms with van der Waals surface area (Å²) in [5.41, 5.74) is 1.03. The zero-order valence-electron chi connectivity index (χ0n) is 17.4. The summed E-state index contributed by atoms with van der Waals surface area (Å²) in [6, 6.07) is 14.8. The van der Waals surface area contributed by atoms with Crippen LogP contribution in [0.3, 0.4) is 0 Å². The molecule has 0 spiro atoms. The molecule has 8 heteroatoms. The SMILES string of the molecule is COc1ccc(CN(C[C@H](O)COc2ccccc2OC)[C@H]2CCS(=O)(=O)C2)cc1. The minimum atomic E-state index is -3.03. The topological polar surface area (TPSA) is 85.3 Å². The number of nitrogens with zero attached hydrogens (tertiary/aromatic N) is 1. The highest BCUT2D eigenvalue weighted by Crippen LogP contribution is 2.26. The van der Waals surface area contributed by atoms with E-state index in [1.807, 2.05) is 41.3 Å².